The van der Waals surface area contributed by atoms with E-state index in [-0.39, 0.29) is 18.0 Å². The first-order valence-corrected chi connectivity index (χ1v) is 11.2. The summed E-state index contributed by atoms with van der Waals surface area (Å²) >= 11 is 5.82. The number of halogens is 4. The maximum Gasteiger partial charge on any atom is 0.416 e. The van der Waals surface area contributed by atoms with Crippen LogP contribution in [0.5, 0.6) is 0 Å². The van der Waals surface area contributed by atoms with Crippen molar-refractivity contribution in [2.45, 2.75) is 24.8 Å². The maximum atomic E-state index is 12.8. The van der Waals surface area contributed by atoms with Gasteiger partial charge in [-0.3, -0.25) is 4.79 Å². The summed E-state index contributed by atoms with van der Waals surface area (Å²) < 4.78 is 64.7. The van der Waals surface area contributed by atoms with Gasteiger partial charge in [-0.15, -0.1) is 0 Å². The second-order valence-corrected chi connectivity index (χ2v) is 9.55. The lowest BCUT2D eigenvalue weighted by Gasteiger charge is -2.31. The minimum absolute atomic E-state index is 0.0301. The fourth-order valence-electron chi connectivity index (χ4n) is 3.28. The predicted octanol–water partition coefficient (Wildman–Crippen LogP) is 4.54. The summed E-state index contributed by atoms with van der Waals surface area (Å²) in [6.07, 6.45) is -3.44. The quantitative estimate of drug-likeness (QED) is 0.712. The molecule has 1 amide bonds. The zero-order valence-electron chi connectivity index (χ0n) is 15.8. The van der Waals surface area contributed by atoms with Crippen LogP contribution in [0, 0.1) is 5.92 Å². The number of amides is 1. The molecule has 10 heteroatoms. The normalized spacial score (nSPS) is 18.2. The highest BCUT2D eigenvalue weighted by Crippen LogP contribution is 2.30. The van der Waals surface area contributed by atoms with Crippen LogP contribution < -0.4 is 5.32 Å². The van der Waals surface area contributed by atoms with Crippen molar-refractivity contribution >= 4 is 33.2 Å². The van der Waals surface area contributed by atoms with Crippen LogP contribution in [0.4, 0.5) is 18.9 Å². The Bertz CT molecular complexity index is 993. The molecular weight excluding hydrogens is 441 g/mol. The number of nitrogens with zero attached hydrogens (tertiary/aromatic N) is 1. The van der Waals surface area contributed by atoms with Crippen LogP contribution in [-0.4, -0.2) is 31.7 Å². The first-order chi connectivity index (χ1) is 14.0. The molecule has 1 unspecified atom stereocenters. The summed E-state index contributed by atoms with van der Waals surface area (Å²) in [5.74, 6) is -1.19. The highest BCUT2D eigenvalue weighted by molar-refractivity contribution is 7.88. The average molecular weight is 461 g/mol. The summed E-state index contributed by atoms with van der Waals surface area (Å²) in [5.41, 5.74) is 0.0162. The minimum atomic E-state index is -4.45. The maximum absolute atomic E-state index is 12.8. The molecule has 1 aliphatic heterocycles. The third-order valence-electron chi connectivity index (χ3n) is 4.89. The van der Waals surface area contributed by atoms with Gasteiger partial charge in [0.25, 0.3) is 0 Å². The number of rotatable bonds is 5. The van der Waals surface area contributed by atoms with Crippen molar-refractivity contribution in [3.8, 4) is 0 Å². The highest BCUT2D eigenvalue weighted by Gasteiger charge is 2.33. The van der Waals surface area contributed by atoms with E-state index in [0.29, 0.717) is 30.0 Å². The van der Waals surface area contributed by atoms with Crippen molar-refractivity contribution in [2.24, 2.45) is 5.92 Å². The standard InChI is InChI=1S/C20H20ClF3N2O3S/c21-17-7-3-14(4-8-17)13-30(28,29)26-11-1-2-15(12-26)19(27)25-18-9-5-16(6-10-18)20(22,23)24/h3-10,15H,1-2,11-13H2,(H,25,27). The van der Waals surface area contributed by atoms with Crippen LogP contribution in [0.3, 0.4) is 0 Å². The van der Waals surface area contributed by atoms with Crippen molar-refractivity contribution in [3.05, 3.63) is 64.7 Å². The van der Waals surface area contributed by atoms with E-state index in [0.717, 1.165) is 12.1 Å². The van der Waals surface area contributed by atoms with Gasteiger partial charge in [0.15, 0.2) is 0 Å². The summed E-state index contributed by atoms with van der Waals surface area (Å²) in [7, 11) is -3.63. The molecule has 1 atom stereocenters. The van der Waals surface area contributed by atoms with Gasteiger partial charge in [0.1, 0.15) is 0 Å². The van der Waals surface area contributed by atoms with E-state index in [1.54, 1.807) is 24.3 Å². The molecule has 0 radical (unpaired) electrons. The molecule has 1 heterocycles. The van der Waals surface area contributed by atoms with Gasteiger partial charge in [0.05, 0.1) is 17.2 Å². The Kier molecular flexibility index (Phi) is 6.74. The van der Waals surface area contributed by atoms with Gasteiger partial charge in [-0.25, -0.2) is 12.7 Å². The Morgan fingerprint density at radius 3 is 2.33 bits per heavy atom. The molecule has 162 valence electrons. The molecular formula is C20H20ClF3N2O3S. The van der Waals surface area contributed by atoms with E-state index >= 15 is 0 Å². The highest BCUT2D eigenvalue weighted by atomic mass is 35.5. The zero-order valence-corrected chi connectivity index (χ0v) is 17.4. The Hall–Kier alpha value is -2.10. The lowest BCUT2D eigenvalue weighted by atomic mass is 9.98. The van der Waals surface area contributed by atoms with Crippen molar-refractivity contribution in [2.75, 3.05) is 18.4 Å². The fraction of sp³-hybridized carbons (Fsp3) is 0.350. The predicted molar refractivity (Wildman–Crippen MR) is 108 cm³/mol. The molecule has 0 bridgehead atoms. The molecule has 1 N–H and O–H groups in total. The number of piperidine rings is 1. The van der Waals surface area contributed by atoms with Gasteiger partial charge in [-0.1, -0.05) is 23.7 Å². The Morgan fingerprint density at radius 1 is 1.10 bits per heavy atom. The molecule has 0 spiro atoms. The van der Waals surface area contributed by atoms with Crippen LogP contribution in [0.15, 0.2) is 48.5 Å². The third-order valence-corrected chi connectivity index (χ3v) is 6.96. The average Bonchev–Trinajstić information content (AvgIpc) is 2.69. The molecule has 0 aromatic heterocycles. The van der Waals surface area contributed by atoms with Gasteiger partial charge in [-0.2, -0.15) is 13.2 Å². The van der Waals surface area contributed by atoms with Crippen LogP contribution in [0.1, 0.15) is 24.0 Å². The van der Waals surface area contributed by atoms with Gasteiger partial charge in [0, 0.05) is 23.8 Å². The summed E-state index contributed by atoms with van der Waals surface area (Å²) in [4.78, 5) is 12.5. The number of hydrogen-bond acceptors (Lipinski definition) is 3. The third kappa shape index (κ3) is 5.74. The summed E-state index contributed by atoms with van der Waals surface area (Å²) in [6, 6.07) is 10.6. The molecule has 3 rings (SSSR count). The van der Waals surface area contributed by atoms with Crippen molar-refractivity contribution in [1.82, 2.24) is 4.31 Å². The number of alkyl halides is 3. The summed E-state index contributed by atoms with van der Waals surface area (Å²) in [6.45, 7) is 0.350. The van der Waals surface area contributed by atoms with Gasteiger partial charge >= 0.3 is 6.18 Å². The number of carbonyl (C=O) groups excluding carboxylic acids is 1. The molecule has 0 saturated carbocycles. The Balaban J connectivity index is 1.63. The second kappa shape index (κ2) is 8.95. The zero-order chi connectivity index (χ0) is 21.9. The monoisotopic (exact) mass is 460 g/mol. The first-order valence-electron chi connectivity index (χ1n) is 9.25. The molecule has 0 aliphatic carbocycles. The topological polar surface area (TPSA) is 66.5 Å². The van der Waals surface area contributed by atoms with Crippen LogP contribution in [0.2, 0.25) is 5.02 Å². The molecule has 2 aromatic carbocycles. The number of anilines is 1. The van der Waals surface area contributed by atoms with E-state index in [1.807, 2.05) is 0 Å². The van der Waals surface area contributed by atoms with E-state index in [2.05, 4.69) is 5.32 Å². The molecule has 1 saturated heterocycles. The SMILES string of the molecule is O=C(Nc1ccc(C(F)(F)F)cc1)C1CCCN(S(=O)(=O)Cc2ccc(Cl)cc2)C1. The number of nitrogens with one attached hydrogen (secondary N) is 1. The lowest BCUT2D eigenvalue weighted by Crippen LogP contribution is -2.44. The lowest BCUT2D eigenvalue weighted by molar-refractivity contribution is -0.137. The van der Waals surface area contributed by atoms with Gasteiger partial charge < -0.3 is 5.32 Å². The van der Waals surface area contributed by atoms with Crippen LogP contribution >= 0.6 is 11.6 Å². The van der Waals surface area contributed by atoms with E-state index in [9.17, 15) is 26.4 Å². The van der Waals surface area contributed by atoms with Crippen LogP contribution in [0.25, 0.3) is 0 Å². The van der Waals surface area contributed by atoms with E-state index < -0.39 is 33.6 Å². The number of hydrogen-bond donors (Lipinski definition) is 1. The van der Waals surface area contributed by atoms with Crippen molar-refractivity contribution in [3.63, 3.8) is 0 Å². The molecule has 1 aliphatic rings. The van der Waals surface area contributed by atoms with Gasteiger partial charge in [0.2, 0.25) is 15.9 Å². The second-order valence-electron chi connectivity index (χ2n) is 7.14. The Morgan fingerprint density at radius 2 is 1.73 bits per heavy atom. The van der Waals surface area contributed by atoms with Crippen molar-refractivity contribution in [1.29, 1.82) is 0 Å². The summed E-state index contributed by atoms with van der Waals surface area (Å²) in [5, 5.41) is 3.08. The van der Waals surface area contributed by atoms with E-state index in [1.165, 1.54) is 16.4 Å². The van der Waals surface area contributed by atoms with Crippen molar-refractivity contribution < 1.29 is 26.4 Å². The molecule has 30 heavy (non-hydrogen) atoms. The Labute approximate surface area is 177 Å². The largest absolute Gasteiger partial charge is 0.416 e. The van der Waals surface area contributed by atoms with Crippen LogP contribution in [-0.2, 0) is 26.7 Å². The minimum Gasteiger partial charge on any atom is -0.326 e. The first kappa shape index (κ1) is 22.6. The number of carbonyl (C=O) groups is 1. The molecule has 5 nitrogen and oxygen atoms in total. The molecule has 1 fully saturated rings. The molecule has 2 aromatic rings. The smallest absolute Gasteiger partial charge is 0.326 e. The number of benzene rings is 2. The van der Waals surface area contributed by atoms with Gasteiger partial charge in [-0.05, 0) is 54.8 Å². The number of sulfonamides is 1. The fourth-order valence-corrected chi connectivity index (χ4v) is 5.02. The van der Waals surface area contributed by atoms with E-state index in [4.69, 9.17) is 11.6 Å².